The van der Waals surface area contributed by atoms with Crippen LogP contribution in [0.5, 0.6) is 0 Å². The number of nitrogens with zero attached hydrogens (tertiary/aromatic N) is 1. The Morgan fingerprint density at radius 1 is 1.27 bits per heavy atom. The van der Waals surface area contributed by atoms with Crippen LogP contribution >= 0.6 is 11.3 Å². The van der Waals surface area contributed by atoms with Gasteiger partial charge in [-0.05, 0) is 35.7 Å². The fourth-order valence-corrected chi connectivity index (χ4v) is 4.42. The molecular weight excluding hydrogens is 384 g/mol. The van der Waals surface area contributed by atoms with Crippen molar-refractivity contribution in [2.24, 2.45) is 0 Å². The molecule has 2 heterocycles. The molecule has 1 aliphatic heterocycles. The summed E-state index contributed by atoms with van der Waals surface area (Å²) in [5.74, 6) is -3.44. The second-order valence-electron chi connectivity index (χ2n) is 5.99. The summed E-state index contributed by atoms with van der Waals surface area (Å²) in [5.41, 5.74) is 0.713. The summed E-state index contributed by atoms with van der Waals surface area (Å²) in [6.45, 7) is 1.50. The van der Waals surface area contributed by atoms with Gasteiger partial charge in [0.05, 0.1) is 30.3 Å². The highest BCUT2D eigenvalue weighted by molar-refractivity contribution is 7.91. The number of ether oxygens (including phenoxy) is 1. The number of hydrogen-bond donors (Lipinski definition) is 1. The van der Waals surface area contributed by atoms with Crippen molar-refractivity contribution in [2.45, 2.75) is 29.2 Å². The molecular formula is C17H19F2NO4S2. The lowest BCUT2D eigenvalue weighted by molar-refractivity contribution is 0.0688. The highest BCUT2D eigenvalue weighted by Crippen LogP contribution is 2.29. The van der Waals surface area contributed by atoms with Crippen LogP contribution in [0.25, 0.3) is 0 Å². The normalized spacial score (nSPS) is 19.7. The number of benzene rings is 1. The molecule has 0 saturated carbocycles. The average Bonchev–Trinajstić information content (AvgIpc) is 3.17. The van der Waals surface area contributed by atoms with E-state index in [4.69, 9.17) is 4.74 Å². The van der Waals surface area contributed by atoms with Gasteiger partial charge in [-0.1, -0.05) is 6.07 Å². The standard InChI is InChI=1S/C17H19F2NO4S2/c18-17(19)26(22,23)14-5-3-12(4-6-14)20-7-8-24-11-13(20)10-15(21)16-2-1-9-25-16/h1-6,9,13,15,17,21H,7-8,10-11H2. The molecule has 0 amide bonds. The van der Waals surface area contributed by atoms with Crippen molar-refractivity contribution in [3.63, 3.8) is 0 Å². The molecule has 1 aliphatic rings. The third kappa shape index (κ3) is 4.06. The molecule has 142 valence electrons. The molecule has 1 aromatic heterocycles. The highest BCUT2D eigenvalue weighted by atomic mass is 32.2. The Balaban J connectivity index is 1.77. The van der Waals surface area contributed by atoms with E-state index in [9.17, 15) is 22.3 Å². The van der Waals surface area contributed by atoms with Crippen molar-refractivity contribution >= 4 is 26.9 Å². The number of morpholine rings is 1. The smallest absolute Gasteiger partial charge is 0.341 e. The van der Waals surface area contributed by atoms with Crippen LogP contribution in [0, 0.1) is 0 Å². The largest absolute Gasteiger partial charge is 0.387 e. The first-order valence-electron chi connectivity index (χ1n) is 8.07. The first-order valence-corrected chi connectivity index (χ1v) is 10.5. The zero-order valence-electron chi connectivity index (χ0n) is 13.8. The van der Waals surface area contributed by atoms with Gasteiger partial charge in [-0.3, -0.25) is 0 Å². The molecule has 2 aromatic rings. The van der Waals surface area contributed by atoms with Crippen molar-refractivity contribution in [1.82, 2.24) is 0 Å². The monoisotopic (exact) mass is 403 g/mol. The van der Waals surface area contributed by atoms with E-state index in [1.54, 1.807) is 0 Å². The highest BCUT2D eigenvalue weighted by Gasteiger charge is 2.29. The summed E-state index contributed by atoms with van der Waals surface area (Å²) in [6.07, 6.45) is -0.167. The topological polar surface area (TPSA) is 66.8 Å². The zero-order chi connectivity index (χ0) is 18.7. The predicted octanol–water partition coefficient (Wildman–Crippen LogP) is 3.07. The number of rotatable bonds is 6. The number of alkyl halides is 2. The van der Waals surface area contributed by atoms with Gasteiger partial charge in [-0.2, -0.15) is 8.78 Å². The predicted molar refractivity (Wildman–Crippen MR) is 95.5 cm³/mol. The van der Waals surface area contributed by atoms with Gasteiger partial charge >= 0.3 is 5.76 Å². The second kappa shape index (κ2) is 7.99. The maximum Gasteiger partial charge on any atom is 0.341 e. The van der Waals surface area contributed by atoms with Gasteiger partial charge < -0.3 is 14.7 Å². The van der Waals surface area contributed by atoms with E-state index in [1.165, 1.54) is 35.6 Å². The van der Waals surface area contributed by atoms with E-state index in [0.717, 1.165) is 4.88 Å². The van der Waals surface area contributed by atoms with Crippen LogP contribution in [0.2, 0.25) is 0 Å². The second-order valence-corrected chi connectivity index (χ2v) is 8.89. The van der Waals surface area contributed by atoms with E-state index in [2.05, 4.69) is 0 Å². The van der Waals surface area contributed by atoms with Crippen molar-refractivity contribution < 1.29 is 27.0 Å². The minimum Gasteiger partial charge on any atom is -0.387 e. The number of thiophene rings is 1. The maximum atomic E-state index is 12.7. The summed E-state index contributed by atoms with van der Waals surface area (Å²) in [4.78, 5) is 2.48. The molecule has 5 nitrogen and oxygen atoms in total. The van der Waals surface area contributed by atoms with Gasteiger partial charge in [0, 0.05) is 23.5 Å². The summed E-state index contributed by atoms with van der Waals surface area (Å²) < 4.78 is 53.9. The van der Waals surface area contributed by atoms with E-state index in [-0.39, 0.29) is 6.04 Å². The minimum atomic E-state index is -4.60. The Labute approximate surface area is 154 Å². The summed E-state index contributed by atoms with van der Waals surface area (Å²) >= 11 is 1.48. The molecule has 1 aromatic carbocycles. The van der Waals surface area contributed by atoms with Crippen molar-refractivity contribution in [2.75, 3.05) is 24.7 Å². The lowest BCUT2D eigenvalue weighted by Crippen LogP contribution is -2.46. The quantitative estimate of drug-likeness (QED) is 0.803. The molecule has 26 heavy (non-hydrogen) atoms. The molecule has 0 spiro atoms. The summed E-state index contributed by atoms with van der Waals surface area (Å²) in [5, 5.41) is 12.3. The fraction of sp³-hybridized carbons (Fsp3) is 0.412. The molecule has 3 rings (SSSR count). The molecule has 1 saturated heterocycles. The number of sulfone groups is 1. The third-order valence-electron chi connectivity index (χ3n) is 4.33. The molecule has 1 fully saturated rings. The lowest BCUT2D eigenvalue weighted by atomic mass is 10.0. The number of aliphatic hydroxyl groups is 1. The van der Waals surface area contributed by atoms with Gasteiger partial charge in [0.25, 0.3) is 0 Å². The van der Waals surface area contributed by atoms with Crippen LogP contribution in [-0.4, -0.2) is 45.1 Å². The summed E-state index contributed by atoms with van der Waals surface area (Å²) in [6, 6.07) is 9.07. The van der Waals surface area contributed by atoms with Crippen LogP contribution in [0.4, 0.5) is 14.5 Å². The Kier molecular flexibility index (Phi) is 5.91. The van der Waals surface area contributed by atoms with Crippen LogP contribution < -0.4 is 4.90 Å². The van der Waals surface area contributed by atoms with Crippen LogP contribution in [0.15, 0.2) is 46.7 Å². The van der Waals surface area contributed by atoms with Crippen molar-refractivity contribution in [3.8, 4) is 0 Å². The average molecular weight is 403 g/mol. The van der Waals surface area contributed by atoms with Crippen LogP contribution in [0.3, 0.4) is 0 Å². The molecule has 9 heteroatoms. The molecule has 2 atom stereocenters. The molecule has 2 unspecified atom stereocenters. The number of hydrogen-bond acceptors (Lipinski definition) is 6. The van der Waals surface area contributed by atoms with E-state index in [0.29, 0.717) is 31.9 Å². The van der Waals surface area contributed by atoms with E-state index in [1.807, 2.05) is 22.4 Å². The lowest BCUT2D eigenvalue weighted by Gasteiger charge is -2.38. The maximum absolute atomic E-state index is 12.7. The van der Waals surface area contributed by atoms with Crippen LogP contribution in [0.1, 0.15) is 17.4 Å². The Morgan fingerprint density at radius 2 is 2.00 bits per heavy atom. The van der Waals surface area contributed by atoms with E-state index >= 15 is 0 Å². The molecule has 0 bridgehead atoms. The van der Waals surface area contributed by atoms with Crippen LogP contribution in [-0.2, 0) is 14.6 Å². The molecule has 0 radical (unpaired) electrons. The van der Waals surface area contributed by atoms with Gasteiger partial charge in [0.15, 0.2) is 0 Å². The van der Waals surface area contributed by atoms with Gasteiger partial charge in [0.1, 0.15) is 0 Å². The van der Waals surface area contributed by atoms with Gasteiger partial charge in [-0.15, -0.1) is 11.3 Å². The number of aliphatic hydroxyl groups excluding tert-OH is 1. The van der Waals surface area contributed by atoms with Gasteiger partial charge in [0.2, 0.25) is 9.84 Å². The Morgan fingerprint density at radius 3 is 2.62 bits per heavy atom. The minimum absolute atomic E-state index is 0.0987. The van der Waals surface area contributed by atoms with Crippen molar-refractivity contribution in [3.05, 3.63) is 46.7 Å². The fourth-order valence-electron chi connectivity index (χ4n) is 2.97. The number of anilines is 1. The zero-order valence-corrected chi connectivity index (χ0v) is 15.4. The first-order chi connectivity index (χ1) is 12.4. The Hall–Kier alpha value is -1.55. The number of halogens is 2. The third-order valence-corrected chi connectivity index (χ3v) is 6.70. The molecule has 1 N–H and O–H groups in total. The Bertz CT molecular complexity index is 810. The van der Waals surface area contributed by atoms with E-state index < -0.39 is 26.6 Å². The van der Waals surface area contributed by atoms with Gasteiger partial charge in [-0.25, -0.2) is 8.42 Å². The SMILES string of the molecule is O=S(=O)(c1ccc(N2CCOCC2CC(O)c2cccs2)cc1)C(F)F. The van der Waals surface area contributed by atoms with Crippen molar-refractivity contribution in [1.29, 1.82) is 0 Å². The first kappa shape index (κ1) is 19.2. The summed E-state index contributed by atoms with van der Waals surface area (Å²) in [7, 11) is -4.60. The molecule has 0 aliphatic carbocycles.